The van der Waals surface area contributed by atoms with Gasteiger partial charge in [-0.25, -0.2) is 0 Å². The number of hydrogen-bond acceptors (Lipinski definition) is 5. The number of likely N-dealkylation sites (tertiary alicyclic amines) is 1. The van der Waals surface area contributed by atoms with E-state index in [-0.39, 0.29) is 50.7 Å². The van der Waals surface area contributed by atoms with Gasteiger partial charge in [0.15, 0.2) is 0 Å². The summed E-state index contributed by atoms with van der Waals surface area (Å²) in [6.07, 6.45) is 4.12. The standard InChI is InChI=1S/C15H22N2O.C8H16N2O.CH4O.CH3.Pd/c1-13(18)16-15(2)8-10-17(11-9-15)12-14-6-4-3-5-7-14;1-7(11)10-8(2)3-5-9-6-4-8;1-2;;/h3-7H,8-12H2,1-2H3,(H,16,18);9H,3-6H2,1-2H3,(H,10,11);2H,1H3;1H3;/q;;;-1;. The molecule has 3 rings (SSSR count). The summed E-state index contributed by atoms with van der Waals surface area (Å²) in [4.78, 5) is 24.4. The van der Waals surface area contributed by atoms with Gasteiger partial charge in [0, 0.05) is 72.1 Å². The number of amides is 2. The number of rotatable bonds is 4. The van der Waals surface area contributed by atoms with E-state index in [1.165, 1.54) is 5.56 Å². The summed E-state index contributed by atoms with van der Waals surface area (Å²) < 4.78 is 0. The van der Waals surface area contributed by atoms with Crippen molar-refractivity contribution in [2.75, 3.05) is 33.3 Å². The fraction of sp³-hybridized carbons (Fsp3) is 0.640. The number of piperidine rings is 2. The van der Waals surface area contributed by atoms with E-state index in [1.807, 2.05) is 6.07 Å². The summed E-state index contributed by atoms with van der Waals surface area (Å²) in [5.74, 6) is 0.156. The summed E-state index contributed by atoms with van der Waals surface area (Å²) in [6, 6.07) is 10.6. The largest absolute Gasteiger partial charge is 0.400 e. The van der Waals surface area contributed by atoms with Gasteiger partial charge in [-0.2, -0.15) is 0 Å². The van der Waals surface area contributed by atoms with E-state index in [0.717, 1.165) is 65.5 Å². The van der Waals surface area contributed by atoms with Crippen LogP contribution in [0.5, 0.6) is 0 Å². The normalized spacial score (nSPS) is 18.4. The van der Waals surface area contributed by atoms with Gasteiger partial charge in [-0.1, -0.05) is 30.3 Å². The van der Waals surface area contributed by atoms with E-state index in [9.17, 15) is 9.59 Å². The third-order valence-corrected chi connectivity index (χ3v) is 5.87. The molecule has 0 aliphatic carbocycles. The number of carbonyl (C=O) groups excluding carboxylic acids is 2. The molecular weight excluding hydrogens is 511 g/mol. The van der Waals surface area contributed by atoms with Crippen molar-refractivity contribution < 1.29 is 35.1 Å². The zero-order valence-electron chi connectivity index (χ0n) is 21.3. The summed E-state index contributed by atoms with van der Waals surface area (Å²) in [7, 11) is 1.00. The summed E-state index contributed by atoms with van der Waals surface area (Å²) in [6.45, 7) is 12.6. The average molecular weight is 556 g/mol. The van der Waals surface area contributed by atoms with Gasteiger partial charge < -0.3 is 28.5 Å². The van der Waals surface area contributed by atoms with Gasteiger partial charge in [0.1, 0.15) is 0 Å². The molecule has 0 radical (unpaired) electrons. The van der Waals surface area contributed by atoms with Gasteiger partial charge in [-0.05, 0) is 58.2 Å². The van der Waals surface area contributed by atoms with Crippen LogP contribution in [0.25, 0.3) is 0 Å². The summed E-state index contributed by atoms with van der Waals surface area (Å²) in [5, 5.41) is 16.3. The van der Waals surface area contributed by atoms with Gasteiger partial charge in [0.05, 0.1) is 0 Å². The molecule has 0 aromatic heterocycles. The van der Waals surface area contributed by atoms with Crippen molar-refractivity contribution in [3.8, 4) is 0 Å². The van der Waals surface area contributed by atoms with Crippen molar-refractivity contribution in [2.24, 2.45) is 0 Å². The van der Waals surface area contributed by atoms with Crippen molar-refractivity contribution >= 4 is 11.8 Å². The molecule has 2 heterocycles. The second kappa shape index (κ2) is 17.2. The van der Waals surface area contributed by atoms with E-state index in [1.54, 1.807) is 13.8 Å². The molecule has 0 bridgehead atoms. The van der Waals surface area contributed by atoms with Crippen LogP contribution in [0.1, 0.15) is 58.9 Å². The third kappa shape index (κ3) is 13.9. The SMILES string of the molecule is CC(=O)NC1(C)CCN(Cc2ccccc2)CC1.CC(=O)NC1(C)CCNCC1.CO.[CH3-].[Pd]. The quantitative estimate of drug-likeness (QED) is 0.338. The fourth-order valence-corrected chi connectivity index (χ4v) is 4.12. The van der Waals surface area contributed by atoms with Crippen molar-refractivity contribution in [2.45, 2.75) is 71.0 Å². The average Bonchev–Trinajstić information content (AvgIpc) is 2.72. The first-order valence-electron chi connectivity index (χ1n) is 11.2. The van der Waals surface area contributed by atoms with Crippen LogP contribution in [0, 0.1) is 7.43 Å². The number of nitrogens with zero attached hydrogens (tertiary/aromatic N) is 1. The van der Waals surface area contributed by atoms with Gasteiger partial charge in [0.2, 0.25) is 11.8 Å². The summed E-state index contributed by atoms with van der Waals surface area (Å²) in [5.41, 5.74) is 1.39. The molecule has 2 amide bonds. The third-order valence-electron chi connectivity index (χ3n) is 5.87. The monoisotopic (exact) mass is 555 g/mol. The van der Waals surface area contributed by atoms with Crippen LogP contribution in [0.15, 0.2) is 30.3 Å². The Bertz CT molecular complexity index is 659. The molecule has 0 unspecified atom stereocenters. The molecular formula is C25H45N4O3Pd-. The van der Waals surface area contributed by atoms with Crippen LogP contribution in [-0.4, -0.2) is 66.2 Å². The Morgan fingerprint density at radius 2 is 1.33 bits per heavy atom. The topological polar surface area (TPSA) is 93.7 Å². The molecule has 33 heavy (non-hydrogen) atoms. The first-order valence-corrected chi connectivity index (χ1v) is 11.2. The number of nitrogens with one attached hydrogen (secondary N) is 3. The number of aliphatic hydroxyl groups is 1. The summed E-state index contributed by atoms with van der Waals surface area (Å²) >= 11 is 0. The molecule has 2 fully saturated rings. The first-order chi connectivity index (χ1) is 14.7. The zero-order chi connectivity index (χ0) is 23.3. The van der Waals surface area contributed by atoms with Crippen LogP contribution in [-0.2, 0) is 36.6 Å². The molecule has 2 aliphatic rings. The predicted octanol–water partition coefficient (Wildman–Crippen LogP) is 2.50. The van der Waals surface area contributed by atoms with Crippen LogP contribution in [0.3, 0.4) is 0 Å². The van der Waals surface area contributed by atoms with Crippen LogP contribution >= 0.6 is 0 Å². The maximum Gasteiger partial charge on any atom is 0.217 e. The minimum absolute atomic E-state index is 0. The van der Waals surface area contributed by atoms with E-state index in [4.69, 9.17) is 5.11 Å². The second-order valence-corrected chi connectivity index (χ2v) is 9.00. The van der Waals surface area contributed by atoms with Crippen LogP contribution in [0.2, 0.25) is 0 Å². The molecule has 7 nitrogen and oxygen atoms in total. The molecule has 0 atom stereocenters. The van der Waals surface area contributed by atoms with E-state index in [0.29, 0.717) is 0 Å². The van der Waals surface area contributed by atoms with Crippen LogP contribution < -0.4 is 16.0 Å². The van der Waals surface area contributed by atoms with Gasteiger partial charge in [0.25, 0.3) is 0 Å². The van der Waals surface area contributed by atoms with E-state index >= 15 is 0 Å². The van der Waals surface area contributed by atoms with Crippen molar-refractivity contribution in [1.82, 2.24) is 20.9 Å². The van der Waals surface area contributed by atoms with Gasteiger partial charge >= 0.3 is 0 Å². The smallest absolute Gasteiger partial charge is 0.217 e. The van der Waals surface area contributed by atoms with Gasteiger partial charge in [-0.3, -0.25) is 14.5 Å². The van der Waals surface area contributed by atoms with Crippen molar-refractivity contribution in [3.05, 3.63) is 43.3 Å². The Morgan fingerprint density at radius 3 is 1.76 bits per heavy atom. The number of aliphatic hydroxyl groups excluding tert-OH is 1. The predicted molar refractivity (Wildman–Crippen MR) is 132 cm³/mol. The Kier molecular flexibility index (Phi) is 17.6. The number of benzene rings is 1. The van der Waals surface area contributed by atoms with Crippen LogP contribution in [0.4, 0.5) is 0 Å². The number of hydrogen-bond donors (Lipinski definition) is 4. The number of carbonyl (C=O) groups is 2. The van der Waals surface area contributed by atoms with E-state index < -0.39 is 0 Å². The minimum Gasteiger partial charge on any atom is -0.400 e. The molecule has 8 heteroatoms. The molecule has 0 saturated carbocycles. The molecule has 1 aromatic carbocycles. The minimum atomic E-state index is -0.0149. The van der Waals surface area contributed by atoms with E-state index in [2.05, 4.69) is 59.0 Å². The van der Waals surface area contributed by atoms with Crippen molar-refractivity contribution in [1.29, 1.82) is 0 Å². The molecule has 2 saturated heterocycles. The maximum absolute atomic E-state index is 11.2. The second-order valence-electron chi connectivity index (χ2n) is 9.00. The maximum atomic E-state index is 11.2. The Morgan fingerprint density at radius 1 is 0.909 bits per heavy atom. The Hall–Kier alpha value is -1.30. The molecule has 194 valence electrons. The molecule has 0 spiro atoms. The fourth-order valence-electron chi connectivity index (χ4n) is 4.12. The van der Waals surface area contributed by atoms with Crippen molar-refractivity contribution in [3.63, 3.8) is 0 Å². The molecule has 1 aromatic rings. The zero-order valence-corrected chi connectivity index (χ0v) is 22.8. The molecule has 4 N–H and O–H groups in total. The first kappa shape index (κ1) is 33.9. The van der Waals surface area contributed by atoms with Gasteiger partial charge in [-0.15, -0.1) is 0 Å². The Labute approximate surface area is 215 Å². The molecule has 2 aliphatic heterocycles. The Balaban J connectivity index is 0.